The quantitative estimate of drug-likeness (QED) is 0.729. The van der Waals surface area contributed by atoms with Crippen molar-refractivity contribution in [1.29, 1.82) is 0 Å². The summed E-state index contributed by atoms with van der Waals surface area (Å²) in [5.41, 5.74) is 1.15. The van der Waals surface area contributed by atoms with Crippen LogP contribution in [0, 0.1) is 0 Å². The number of aliphatic hydroxyl groups excluding tert-OH is 1. The molecular weight excluding hydrogens is 388 g/mol. The van der Waals surface area contributed by atoms with Crippen LogP contribution in [0.1, 0.15) is 43.6 Å². The molecule has 27 heavy (non-hydrogen) atoms. The molecule has 2 fully saturated rings. The van der Waals surface area contributed by atoms with E-state index in [1.807, 2.05) is 12.1 Å². The van der Waals surface area contributed by atoms with Gasteiger partial charge in [-0.05, 0) is 36.5 Å². The average molecular weight is 417 g/mol. The van der Waals surface area contributed by atoms with Crippen LogP contribution in [0.3, 0.4) is 0 Å². The summed E-state index contributed by atoms with van der Waals surface area (Å²) in [6.07, 6.45) is 4.67. The lowest BCUT2D eigenvalue weighted by atomic mass is 9.84. The standard InChI is InChI=1S/C18H28N2O5S2/c1-19(2)20(17-12-26(22,23)13-18(17)21)27(24,25)16-10-8-15(9-11-16)14-6-4-3-5-7-14/h8-11,14,17-18,21H,3-7,12-13H2,1-2H3/t17-,18-/m0/s1. The molecule has 7 nitrogen and oxygen atoms in total. The van der Waals surface area contributed by atoms with Gasteiger partial charge in [-0.25, -0.2) is 21.8 Å². The minimum absolute atomic E-state index is 0.104. The second-order valence-electron chi connectivity index (χ2n) is 7.74. The molecule has 1 saturated carbocycles. The highest BCUT2D eigenvalue weighted by Crippen LogP contribution is 2.33. The largest absolute Gasteiger partial charge is 0.390 e. The molecule has 1 aliphatic heterocycles. The normalized spacial score (nSPS) is 26.7. The van der Waals surface area contributed by atoms with Gasteiger partial charge in [0, 0.05) is 14.1 Å². The van der Waals surface area contributed by atoms with E-state index in [0.29, 0.717) is 5.92 Å². The van der Waals surface area contributed by atoms with Crippen LogP contribution in [0.5, 0.6) is 0 Å². The zero-order valence-electron chi connectivity index (χ0n) is 15.8. The Labute approximate surface area is 161 Å². The highest BCUT2D eigenvalue weighted by Gasteiger charge is 2.46. The summed E-state index contributed by atoms with van der Waals surface area (Å²) in [5.74, 6) is -0.327. The highest BCUT2D eigenvalue weighted by atomic mass is 32.2. The van der Waals surface area contributed by atoms with E-state index in [1.54, 1.807) is 12.1 Å². The smallest absolute Gasteiger partial charge is 0.256 e. The van der Waals surface area contributed by atoms with Crippen LogP contribution < -0.4 is 0 Å². The number of rotatable bonds is 5. The summed E-state index contributed by atoms with van der Waals surface area (Å²) in [5, 5.41) is 11.5. The zero-order chi connectivity index (χ0) is 19.8. The Kier molecular flexibility index (Phi) is 5.98. The van der Waals surface area contributed by atoms with Crippen molar-refractivity contribution in [2.75, 3.05) is 25.6 Å². The van der Waals surface area contributed by atoms with Gasteiger partial charge in [0.25, 0.3) is 10.0 Å². The lowest BCUT2D eigenvalue weighted by Crippen LogP contribution is -2.53. The van der Waals surface area contributed by atoms with Crippen LogP contribution in [0.25, 0.3) is 0 Å². The molecular formula is C18H28N2O5S2. The molecule has 0 spiro atoms. The molecule has 9 heteroatoms. The maximum atomic E-state index is 13.2. The first-order chi connectivity index (χ1) is 12.6. The molecule has 0 radical (unpaired) electrons. The molecule has 1 saturated heterocycles. The average Bonchev–Trinajstić information content (AvgIpc) is 2.87. The first-order valence-electron chi connectivity index (χ1n) is 9.32. The number of hydrogen-bond donors (Lipinski definition) is 1. The molecule has 2 aliphatic rings. The number of hydrazine groups is 1. The molecule has 1 aliphatic carbocycles. The molecule has 0 amide bonds. The van der Waals surface area contributed by atoms with Gasteiger partial charge in [-0.15, -0.1) is 4.41 Å². The minimum Gasteiger partial charge on any atom is -0.390 e. The van der Waals surface area contributed by atoms with Crippen molar-refractivity contribution < 1.29 is 21.9 Å². The van der Waals surface area contributed by atoms with Crippen molar-refractivity contribution in [3.05, 3.63) is 29.8 Å². The van der Waals surface area contributed by atoms with E-state index in [9.17, 15) is 21.9 Å². The third kappa shape index (κ3) is 4.37. The lowest BCUT2D eigenvalue weighted by molar-refractivity contribution is 0.0272. The number of sulfonamides is 1. The van der Waals surface area contributed by atoms with Crippen LogP contribution in [-0.2, 0) is 19.9 Å². The maximum absolute atomic E-state index is 13.2. The summed E-state index contributed by atoms with van der Waals surface area (Å²) in [6.45, 7) is 0. The maximum Gasteiger partial charge on any atom is 0.256 e. The Balaban J connectivity index is 1.88. The Morgan fingerprint density at radius 3 is 2.07 bits per heavy atom. The van der Waals surface area contributed by atoms with Gasteiger partial charge in [0.05, 0.1) is 28.5 Å². The predicted octanol–water partition coefficient (Wildman–Crippen LogP) is 1.36. The van der Waals surface area contributed by atoms with Crippen LogP contribution in [-0.4, -0.2) is 69.1 Å². The third-order valence-corrected chi connectivity index (χ3v) is 9.13. The SMILES string of the molecule is CN(C)N([C@H]1CS(=O)(=O)C[C@@H]1O)S(=O)(=O)c1ccc(C2CCCCC2)cc1. The van der Waals surface area contributed by atoms with Crippen molar-refractivity contribution in [2.24, 2.45) is 0 Å². The van der Waals surface area contributed by atoms with E-state index in [2.05, 4.69) is 0 Å². The molecule has 2 atom stereocenters. The molecule has 1 aromatic rings. The van der Waals surface area contributed by atoms with Gasteiger partial charge in [-0.2, -0.15) is 0 Å². The third-order valence-electron chi connectivity index (χ3n) is 5.47. The van der Waals surface area contributed by atoms with Gasteiger partial charge in [-0.1, -0.05) is 31.4 Å². The highest BCUT2D eigenvalue weighted by molar-refractivity contribution is 7.92. The fourth-order valence-corrected chi connectivity index (χ4v) is 7.72. The van der Waals surface area contributed by atoms with E-state index in [1.165, 1.54) is 38.4 Å². The summed E-state index contributed by atoms with van der Waals surface area (Å²) < 4.78 is 51.1. The van der Waals surface area contributed by atoms with Gasteiger partial charge < -0.3 is 5.11 Å². The molecule has 0 aromatic heterocycles. The molecule has 0 unspecified atom stereocenters. The summed E-state index contributed by atoms with van der Waals surface area (Å²) in [4.78, 5) is 0.104. The predicted molar refractivity (Wildman–Crippen MR) is 103 cm³/mol. The molecule has 3 rings (SSSR count). The van der Waals surface area contributed by atoms with E-state index < -0.39 is 37.8 Å². The van der Waals surface area contributed by atoms with Crippen LogP contribution in [0.4, 0.5) is 0 Å². The fourth-order valence-electron chi connectivity index (χ4n) is 4.17. The Morgan fingerprint density at radius 1 is 1.00 bits per heavy atom. The number of hydrogen-bond acceptors (Lipinski definition) is 6. The number of aliphatic hydroxyl groups is 1. The second-order valence-corrected chi connectivity index (χ2v) is 11.7. The number of benzene rings is 1. The summed E-state index contributed by atoms with van der Waals surface area (Å²) in [6, 6.07) is 5.88. The monoisotopic (exact) mass is 416 g/mol. The fraction of sp³-hybridized carbons (Fsp3) is 0.667. The topological polar surface area (TPSA) is 95.0 Å². The second kappa shape index (κ2) is 7.79. The Morgan fingerprint density at radius 2 is 1.59 bits per heavy atom. The lowest BCUT2D eigenvalue weighted by Gasteiger charge is -2.34. The first-order valence-corrected chi connectivity index (χ1v) is 12.6. The molecule has 1 heterocycles. The van der Waals surface area contributed by atoms with Crippen molar-refractivity contribution in [3.63, 3.8) is 0 Å². The number of nitrogens with zero attached hydrogens (tertiary/aromatic N) is 2. The van der Waals surface area contributed by atoms with Crippen molar-refractivity contribution in [1.82, 2.24) is 9.42 Å². The Hall–Kier alpha value is -1.00. The molecule has 1 aromatic carbocycles. The van der Waals surface area contributed by atoms with Crippen LogP contribution >= 0.6 is 0 Å². The summed E-state index contributed by atoms with van der Waals surface area (Å²) >= 11 is 0. The van der Waals surface area contributed by atoms with Gasteiger partial charge >= 0.3 is 0 Å². The zero-order valence-corrected chi connectivity index (χ0v) is 17.4. The molecule has 152 valence electrons. The molecule has 0 bridgehead atoms. The van der Waals surface area contributed by atoms with Gasteiger partial charge in [0.15, 0.2) is 9.84 Å². The van der Waals surface area contributed by atoms with Crippen LogP contribution in [0.15, 0.2) is 29.2 Å². The minimum atomic E-state index is -3.98. The van der Waals surface area contributed by atoms with E-state index in [4.69, 9.17) is 0 Å². The van der Waals surface area contributed by atoms with Crippen molar-refractivity contribution in [3.8, 4) is 0 Å². The molecule has 1 N–H and O–H groups in total. The van der Waals surface area contributed by atoms with Gasteiger partial charge in [-0.3, -0.25) is 0 Å². The van der Waals surface area contributed by atoms with E-state index >= 15 is 0 Å². The van der Waals surface area contributed by atoms with E-state index in [0.717, 1.165) is 22.8 Å². The van der Waals surface area contributed by atoms with Crippen molar-refractivity contribution in [2.45, 2.75) is 55.1 Å². The number of sulfone groups is 1. The van der Waals surface area contributed by atoms with Crippen molar-refractivity contribution >= 4 is 19.9 Å². The first kappa shape index (κ1) is 20.7. The summed E-state index contributed by atoms with van der Waals surface area (Å²) in [7, 11) is -4.38. The van der Waals surface area contributed by atoms with Gasteiger partial charge in [0.1, 0.15) is 0 Å². The van der Waals surface area contributed by atoms with Gasteiger partial charge in [0.2, 0.25) is 0 Å². The van der Waals surface area contributed by atoms with Crippen LogP contribution in [0.2, 0.25) is 0 Å². The van der Waals surface area contributed by atoms with E-state index in [-0.39, 0.29) is 10.6 Å². The Bertz CT molecular complexity index is 860.